The number of nitrogens with zero attached hydrogens (tertiary/aromatic N) is 3. The summed E-state index contributed by atoms with van der Waals surface area (Å²) in [5.74, 6) is 0.648. The van der Waals surface area contributed by atoms with Crippen molar-refractivity contribution in [2.75, 3.05) is 0 Å². The van der Waals surface area contributed by atoms with Gasteiger partial charge in [-0.05, 0) is 49.6 Å². The highest BCUT2D eigenvalue weighted by Crippen LogP contribution is 2.46. The van der Waals surface area contributed by atoms with Gasteiger partial charge in [0.2, 0.25) is 5.95 Å². The van der Waals surface area contributed by atoms with E-state index in [1.165, 1.54) is 21.9 Å². The summed E-state index contributed by atoms with van der Waals surface area (Å²) in [4.78, 5) is 10.5. The van der Waals surface area contributed by atoms with Crippen molar-refractivity contribution in [2.45, 2.75) is 13.8 Å². The summed E-state index contributed by atoms with van der Waals surface area (Å²) in [5, 5.41) is 7.87. The minimum atomic E-state index is 0.648. The fourth-order valence-corrected chi connectivity index (χ4v) is 6.64. The maximum atomic E-state index is 6.65. The van der Waals surface area contributed by atoms with Gasteiger partial charge in [-0.3, -0.25) is 4.57 Å². The van der Waals surface area contributed by atoms with Crippen LogP contribution in [0.4, 0.5) is 0 Å². The van der Waals surface area contributed by atoms with E-state index < -0.39 is 0 Å². The molecule has 0 aliphatic carbocycles. The molecular formula is C38H25N3O. The molecule has 0 bridgehead atoms. The van der Waals surface area contributed by atoms with Crippen LogP contribution in [0.2, 0.25) is 0 Å². The molecule has 9 aromatic rings. The van der Waals surface area contributed by atoms with Crippen molar-refractivity contribution >= 4 is 65.4 Å². The second-order valence-electron chi connectivity index (χ2n) is 11.2. The second-order valence-corrected chi connectivity index (χ2v) is 11.2. The van der Waals surface area contributed by atoms with Crippen LogP contribution in [0.5, 0.6) is 0 Å². The summed E-state index contributed by atoms with van der Waals surface area (Å²) >= 11 is 0. The summed E-state index contributed by atoms with van der Waals surface area (Å²) in [6.07, 6.45) is 0. The third-order valence-electron chi connectivity index (χ3n) is 8.48. The molecule has 0 saturated carbocycles. The Balaban J connectivity index is 1.56. The topological polar surface area (TPSA) is 43.9 Å². The van der Waals surface area contributed by atoms with Gasteiger partial charge in [-0.25, -0.2) is 9.97 Å². The van der Waals surface area contributed by atoms with E-state index >= 15 is 0 Å². The molecule has 9 rings (SSSR count). The molecular weight excluding hydrogens is 514 g/mol. The average molecular weight is 540 g/mol. The van der Waals surface area contributed by atoms with Crippen molar-refractivity contribution in [3.63, 3.8) is 0 Å². The first-order chi connectivity index (χ1) is 20.7. The maximum absolute atomic E-state index is 6.65. The molecule has 6 aromatic carbocycles. The fraction of sp³-hybridized carbons (Fsp3) is 0.0526. The molecule has 4 nitrogen and oxygen atoms in total. The van der Waals surface area contributed by atoms with Gasteiger partial charge in [0.05, 0.1) is 27.6 Å². The molecule has 0 N–H and O–H groups in total. The van der Waals surface area contributed by atoms with Gasteiger partial charge in [-0.2, -0.15) is 0 Å². The molecule has 0 fully saturated rings. The Morgan fingerprint density at radius 1 is 0.571 bits per heavy atom. The summed E-state index contributed by atoms with van der Waals surface area (Å²) in [5.41, 5.74) is 9.22. The predicted octanol–water partition coefficient (Wildman–Crippen LogP) is 10.1. The third-order valence-corrected chi connectivity index (χ3v) is 8.48. The summed E-state index contributed by atoms with van der Waals surface area (Å²) in [6, 6.07) is 40.4. The lowest BCUT2D eigenvalue weighted by Crippen LogP contribution is -2.03. The van der Waals surface area contributed by atoms with Crippen molar-refractivity contribution in [3.05, 3.63) is 126 Å². The Labute approximate surface area is 241 Å². The first kappa shape index (κ1) is 23.2. The van der Waals surface area contributed by atoms with Gasteiger partial charge >= 0.3 is 0 Å². The predicted molar refractivity (Wildman–Crippen MR) is 174 cm³/mol. The van der Waals surface area contributed by atoms with Crippen LogP contribution in [0.15, 0.2) is 120 Å². The lowest BCUT2D eigenvalue weighted by atomic mass is 9.99. The summed E-state index contributed by atoms with van der Waals surface area (Å²) in [6.45, 7) is 4.29. The van der Waals surface area contributed by atoms with Gasteiger partial charge < -0.3 is 4.42 Å². The standard InChI is InChI=1S/C38H25N3O/c1-22-16-18-31-28(20-22)33-25-12-6-7-13-26(25)37-34(29-21-23(2)17-19-32(29)42-37)36(33)41(31)38-39-30-15-9-8-14-27(30)35(40-38)24-10-4-3-5-11-24/h3-21H,1-2H3. The zero-order chi connectivity index (χ0) is 27.9. The molecule has 42 heavy (non-hydrogen) atoms. The minimum Gasteiger partial charge on any atom is -0.455 e. The number of furan rings is 1. The number of rotatable bonds is 2. The van der Waals surface area contributed by atoms with E-state index in [0.717, 1.165) is 65.9 Å². The van der Waals surface area contributed by atoms with Crippen LogP contribution in [0.3, 0.4) is 0 Å². The van der Waals surface area contributed by atoms with Gasteiger partial charge in [0.1, 0.15) is 11.2 Å². The zero-order valence-corrected chi connectivity index (χ0v) is 23.2. The molecule has 0 amide bonds. The number of aromatic nitrogens is 3. The van der Waals surface area contributed by atoms with E-state index in [4.69, 9.17) is 14.4 Å². The molecule has 0 aliphatic heterocycles. The molecule has 198 valence electrons. The van der Waals surface area contributed by atoms with Crippen molar-refractivity contribution in [2.24, 2.45) is 0 Å². The molecule has 0 spiro atoms. The van der Waals surface area contributed by atoms with E-state index in [9.17, 15) is 0 Å². The van der Waals surface area contributed by atoms with Crippen LogP contribution in [-0.4, -0.2) is 14.5 Å². The lowest BCUT2D eigenvalue weighted by Gasteiger charge is -2.12. The van der Waals surface area contributed by atoms with E-state index in [1.807, 2.05) is 12.1 Å². The first-order valence-corrected chi connectivity index (χ1v) is 14.3. The van der Waals surface area contributed by atoms with E-state index in [2.05, 4.69) is 122 Å². The van der Waals surface area contributed by atoms with Crippen molar-refractivity contribution < 1.29 is 4.42 Å². The smallest absolute Gasteiger partial charge is 0.235 e. The lowest BCUT2D eigenvalue weighted by molar-refractivity contribution is 0.672. The number of benzene rings is 6. The Kier molecular flexibility index (Phi) is 4.71. The Hall–Kier alpha value is -5.48. The van der Waals surface area contributed by atoms with E-state index in [1.54, 1.807) is 0 Å². The monoisotopic (exact) mass is 539 g/mol. The van der Waals surface area contributed by atoms with Gasteiger partial charge in [0, 0.05) is 32.5 Å². The number of para-hydroxylation sites is 1. The van der Waals surface area contributed by atoms with Gasteiger partial charge in [-0.15, -0.1) is 0 Å². The molecule has 3 heterocycles. The Morgan fingerprint density at radius 2 is 1.26 bits per heavy atom. The molecule has 4 heteroatoms. The fourth-order valence-electron chi connectivity index (χ4n) is 6.64. The highest BCUT2D eigenvalue weighted by molar-refractivity contribution is 6.35. The first-order valence-electron chi connectivity index (χ1n) is 14.3. The highest BCUT2D eigenvalue weighted by atomic mass is 16.3. The van der Waals surface area contributed by atoms with Gasteiger partial charge in [0.25, 0.3) is 0 Å². The van der Waals surface area contributed by atoms with Crippen LogP contribution in [0, 0.1) is 13.8 Å². The van der Waals surface area contributed by atoms with Crippen molar-refractivity contribution in [1.29, 1.82) is 0 Å². The van der Waals surface area contributed by atoms with E-state index in [0.29, 0.717) is 5.95 Å². The molecule has 0 radical (unpaired) electrons. The largest absolute Gasteiger partial charge is 0.455 e. The van der Waals surface area contributed by atoms with Crippen LogP contribution in [0.1, 0.15) is 11.1 Å². The molecule has 0 aliphatic rings. The van der Waals surface area contributed by atoms with Crippen LogP contribution < -0.4 is 0 Å². The number of hydrogen-bond donors (Lipinski definition) is 0. The zero-order valence-electron chi connectivity index (χ0n) is 23.2. The molecule has 3 aromatic heterocycles. The molecule has 0 saturated heterocycles. The summed E-state index contributed by atoms with van der Waals surface area (Å²) in [7, 11) is 0. The quantitative estimate of drug-likeness (QED) is 0.219. The van der Waals surface area contributed by atoms with E-state index in [-0.39, 0.29) is 0 Å². The highest BCUT2D eigenvalue weighted by Gasteiger charge is 2.24. The third kappa shape index (κ3) is 3.18. The minimum absolute atomic E-state index is 0.648. The number of aryl methyl sites for hydroxylation is 2. The molecule has 0 atom stereocenters. The van der Waals surface area contributed by atoms with Crippen molar-refractivity contribution in [3.8, 4) is 17.2 Å². The van der Waals surface area contributed by atoms with Gasteiger partial charge in [0.15, 0.2) is 0 Å². The van der Waals surface area contributed by atoms with Crippen LogP contribution in [0.25, 0.3) is 82.6 Å². The normalized spacial score (nSPS) is 12.0. The summed E-state index contributed by atoms with van der Waals surface area (Å²) < 4.78 is 8.91. The van der Waals surface area contributed by atoms with Gasteiger partial charge in [-0.1, -0.05) is 96.1 Å². The number of fused-ring (bicyclic) bond motifs is 11. The number of hydrogen-bond acceptors (Lipinski definition) is 3. The SMILES string of the molecule is Cc1ccc2oc3c4ccccc4c4c5cc(C)ccc5n(-c5nc(-c6ccccc6)c6ccccc6n5)c4c3c2c1. The van der Waals surface area contributed by atoms with Crippen molar-refractivity contribution in [1.82, 2.24) is 14.5 Å². The van der Waals surface area contributed by atoms with Crippen LogP contribution >= 0.6 is 0 Å². The Morgan fingerprint density at radius 3 is 2.10 bits per heavy atom. The second kappa shape index (κ2) is 8.51. The maximum Gasteiger partial charge on any atom is 0.235 e. The molecule has 0 unspecified atom stereocenters. The Bertz CT molecular complexity index is 2540. The average Bonchev–Trinajstić information content (AvgIpc) is 3.56. The van der Waals surface area contributed by atoms with Crippen LogP contribution in [-0.2, 0) is 0 Å².